The van der Waals surface area contributed by atoms with Gasteiger partial charge in [-0.1, -0.05) is 51.0 Å². The highest BCUT2D eigenvalue weighted by atomic mass is 16.5. The van der Waals surface area contributed by atoms with Crippen molar-refractivity contribution in [2.45, 2.75) is 109 Å². The second-order valence-corrected chi connectivity index (χ2v) is 12.0. The van der Waals surface area contributed by atoms with Gasteiger partial charge in [0.2, 0.25) is 0 Å². The summed E-state index contributed by atoms with van der Waals surface area (Å²) in [5, 5.41) is 40.2. The highest BCUT2D eigenvalue weighted by Crippen LogP contribution is 2.60. The molecule has 0 bridgehead atoms. The maximum absolute atomic E-state index is 10.6. The lowest BCUT2D eigenvalue weighted by atomic mass is 9.60. The predicted molar refractivity (Wildman–Crippen MR) is 136 cm³/mol. The van der Waals surface area contributed by atoms with Gasteiger partial charge in [0.1, 0.15) is 12.2 Å². The Morgan fingerprint density at radius 2 is 1.97 bits per heavy atom. The summed E-state index contributed by atoms with van der Waals surface area (Å²) < 4.78 is 5.45. The van der Waals surface area contributed by atoms with E-state index in [1.54, 1.807) is 0 Å². The van der Waals surface area contributed by atoms with Crippen LogP contribution < -0.4 is 0 Å². The third kappa shape index (κ3) is 6.22. The molecule has 4 N–H and O–H groups in total. The average molecular weight is 477 g/mol. The molecule has 0 unspecified atom stereocenters. The van der Waals surface area contributed by atoms with Crippen molar-refractivity contribution in [2.24, 2.45) is 23.2 Å². The van der Waals surface area contributed by atoms with Gasteiger partial charge in [-0.3, -0.25) is 0 Å². The van der Waals surface area contributed by atoms with Gasteiger partial charge in [-0.05, 0) is 86.7 Å². The SMILES string of the molecule is C=C1/C(=C\C=C2/CCC[C@]3(C)[C@@H]([C@@H](C)CCCC(C)(C)O)CC[C@@H]23)C[C@@H](O)[C@H](OCCO)[C@@H]1O. The van der Waals surface area contributed by atoms with Crippen molar-refractivity contribution >= 4 is 0 Å². The molecule has 0 aliphatic heterocycles. The quantitative estimate of drug-likeness (QED) is 0.388. The molecule has 34 heavy (non-hydrogen) atoms. The van der Waals surface area contributed by atoms with Gasteiger partial charge in [-0.2, -0.15) is 0 Å². The summed E-state index contributed by atoms with van der Waals surface area (Å²) in [4.78, 5) is 0. The molecule has 3 rings (SSSR count). The van der Waals surface area contributed by atoms with Gasteiger partial charge in [0.25, 0.3) is 0 Å². The number of aliphatic hydroxyl groups excluding tert-OH is 3. The molecule has 0 spiro atoms. The maximum atomic E-state index is 10.6. The summed E-state index contributed by atoms with van der Waals surface area (Å²) in [5.74, 6) is 1.97. The topological polar surface area (TPSA) is 90.2 Å². The molecule has 7 atom stereocenters. The Labute approximate surface area is 206 Å². The van der Waals surface area contributed by atoms with Crippen LogP contribution in [0.5, 0.6) is 0 Å². The van der Waals surface area contributed by atoms with Crippen LogP contribution in [0.15, 0.2) is 35.5 Å². The van der Waals surface area contributed by atoms with E-state index in [1.165, 1.54) is 37.7 Å². The Balaban J connectivity index is 1.69. The third-order valence-corrected chi connectivity index (χ3v) is 8.96. The predicted octanol–water partition coefficient (Wildman–Crippen LogP) is 4.69. The zero-order chi connectivity index (χ0) is 25.1. The molecule has 0 radical (unpaired) electrons. The molecule has 5 heteroatoms. The van der Waals surface area contributed by atoms with Crippen LogP contribution in [-0.2, 0) is 4.74 Å². The minimum Gasteiger partial charge on any atom is -0.394 e. The zero-order valence-corrected chi connectivity index (χ0v) is 21.8. The zero-order valence-electron chi connectivity index (χ0n) is 21.8. The van der Waals surface area contributed by atoms with Crippen molar-refractivity contribution in [3.8, 4) is 0 Å². The number of hydrogen-bond acceptors (Lipinski definition) is 5. The summed E-state index contributed by atoms with van der Waals surface area (Å²) >= 11 is 0. The number of fused-ring (bicyclic) bond motifs is 1. The number of hydrogen-bond donors (Lipinski definition) is 4. The summed E-state index contributed by atoms with van der Waals surface area (Å²) in [6, 6.07) is 0. The van der Waals surface area contributed by atoms with Gasteiger partial charge in [-0.15, -0.1) is 0 Å². The molecule has 0 amide bonds. The summed E-state index contributed by atoms with van der Waals surface area (Å²) in [5.41, 5.74) is 2.74. The number of ether oxygens (including phenoxy) is 1. The van der Waals surface area contributed by atoms with Crippen LogP contribution in [0.25, 0.3) is 0 Å². The number of allylic oxidation sites excluding steroid dienone is 3. The molecule has 0 saturated heterocycles. The molecular weight excluding hydrogens is 428 g/mol. The lowest BCUT2D eigenvalue weighted by molar-refractivity contribution is -0.101. The van der Waals surface area contributed by atoms with Crippen LogP contribution >= 0.6 is 0 Å². The van der Waals surface area contributed by atoms with Crippen LogP contribution in [0.4, 0.5) is 0 Å². The maximum Gasteiger partial charge on any atom is 0.114 e. The normalized spacial score (nSPS) is 37.9. The van der Waals surface area contributed by atoms with Crippen molar-refractivity contribution in [2.75, 3.05) is 13.2 Å². The lowest BCUT2D eigenvalue weighted by Gasteiger charge is -2.44. The molecule has 3 fully saturated rings. The van der Waals surface area contributed by atoms with Gasteiger partial charge in [-0.25, -0.2) is 0 Å². The fraction of sp³-hybridized carbons (Fsp3) is 0.793. The van der Waals surface area contributed by atoms with Gasteiger partial charge in [0.05, 0.1) is 24.9 Å². The van der Waals surface area contributed by atoms with E-state index in [0.29, 0.717) is 35.2 Å². The second-order valence-electron chi connectivity index (χ2n) is 12.0. The minimum atomic E-state index is -0.961. The standard InChI is InChI=1S/C29H48O5/c1-19(8-6-14-28(3,4)33)23-12-13-24-21(9-7-15-29(23,24)5)10-11-22-18-25(31)27(34-17-16-30)26(32)20(22)2/h10-11,19,23-27,30-33H,2,6-9,12-18H2,1,3-5H3/b21-10+,22-11-/t19-,23+,24-,25+,26+,27-,29+/m0/s1. The first-order chi connectivity index (χ1) is 16.0. The van der Waals surface area contributed by atoms with Crippen molar-refractivity contribution < 1.29 is 25.2 Å². The fourth-order valence-electron chi connectivity index (χ4n) is 7.12. The van der Waals surface area contributed by atoms with Crippen molar-refractivity contribution in [3.05, 3.63) is 35.5 Å². The summed E-state index contributed by atoms with van der Waals surface area (Å²) in [6.45, 7) is 12.7. The lowest BCUT2D eigenvalue weighted by Crippen LogP contribution is -2.45. The average Bonchev–Trinajstić information content (AvgIpc) is 3.12. The third-order valence-electron chi connectivity index (χ3n) is 8.96. The Hall–Kier alpha value is -0.980. The molecular formula is C29H48O5. The van der Waals surface area contributed by atoms with Crippen LogP contribution in [-0.4, -0.2) is 57.6 Å². The number of rotatable bonds is 9. The fourth-order valence-corrected chi connectivity index (χ4v) is 7.12. The van der Waals surface area contributed by atoms with Crippen molar-refractivity contribution in [1.82, 2.24) is 0 Å². The van der Waals surface area contributed by atoms with Gasteiger partial charge in [0.15, 0.2) is 0 Å². The highest BCUT2D eigenvalue weighted by molar-refractivity contribution is 5.40. The Bertz CT molecular complexity index is 763. The Morgan fingerprint density at radius 3 is 2.65 bits per heavy atom. The van der Waals surface area contributed by atoms with E-state index in [0.717, 1.165) is 24.8 Å². The summed E-state index contributed by atoms with van der Waals surface area (Å²) in [7, 11) is 0. The molecule has 3 saturated carbocycles. The van der Waals surface area contributed by atoms with E-state index in [9.17, 15) is 15.3 Å². The minimum absolute atomic E-state index is 0.0901. The largest absolute Gasteiger partial charge is 0.394 e. The molecule has 0 heterocycles. The van der Waals surface area contributed by atoms with E-state index in [4.69, 9.17) is 9.84 Å². The smallest absolute Gasteiger partial charge is 0.114 e. The number of aliphatic hydroxyl groups is 4. The molecule has 3 aliphatic rings. The first kappa shape index (κ1) is 27.6. The van der Waals surface area contributed by atoms with E-state index < -0.39 is 23.9 Å². The molecule has 0 aromatic rings. The molecule has 0 aromatic heterocycles. The monoisotopic (exact) mass is 476 g/mol. The van der Waals surface area contributed by atoms with E-state index in [-0.39, 0.29) is 13.2 Å². The van der Waals surface area contributed by atoms with Crippen LogP contribution in [0.3, 0.4) is 0 Å². The molecule has 5 nitrogen and oxygen atoms in total. The molecule has 0 aromatic carbocycles. The second kappa shape index (κ2) is 11.4. The first-order valence-electron chi connectivity index (χ1n) is 13.4. The Morgan fingerprint density at radius 1 is 1.24 bits per heavy atom. The van der Waals surface area contributed by atoms with Crippen LogP contribution in [0.2, 0.25) is 0 Å². The van der Waals surface area contributed by atoms with Gasteiger partial charge < -0.3 is 25.2 Å². The van der Waals surface area contributed by atoms with E-state index >= 15 is 0 Å². The van der Waals surface area contributed by atoms with Crippen LogP contribution in [0, 0.1) is 23.2 Å². The highest BCUT2D eigenvalue weighted by Gasteiger charge is 2.50. The first-order valence-corrected chi connectivity index (χ1v) is 13.4. The molecule has 3 aliphatic carbocycles. The molecule has 194 valence electrons. The van der Waals surface area contributed by atoms with E-state index in [1.807, 2.05) is 13.8 Å². The Kier molecular flexibility index (Phi) is 9.24. The van der Waals surface area contributed by atoms with Crippen LogP contribution in [0.1, 0.15) is 85.5 Å². The van der Waals surface area contributed by atoms with Crippen molar-refractivity contribution in [3.63, 3.8) is 0 Å². The summed E-state index contributed by atoms with van der Waals surface area (Å²) in [6.07, 6.45) is 11.4. The van der Waals surface area contributed by atoms with Gasteiger partial charge in [0, 0.05) is 6.42 Å². The van der Waals surface area contributed by atoms with E-state index in [2.05, 4.69) is 32.6 Å². The van der Waals surface area contributed by atoms with Gasteiger partial charge >= 0.3 is 0 Å². The van der Waals surface area contributed by atoms with Crippen molar-refractivity contribution in [1.29, 1.82) is 0 Å².